The number of hydrogen-bond donors (Lipinski definition) is 1. The molecule has 0 bridgehead atoms. The molecule has 0 aliphatic heterocycles. The van der Waals surface area contributed by atoms with E-state index in [0.717, 1.165) is 40.7 Å². The molecule has 0 fully saturated rings. The number of ether oxygens (including phenoxy) is 1. The highest BCUT2D eigenvalue weighted by Gasteiger charge is 2.18. The molecule has 3 aromatic rings. The predicted octanol–water partition coefficient (Wildman–Crippen LogP) is 4.26. The first-order valence-corrected chi connectivity index (χ1v) is 9.27. The number of furan rings is 1. The summed E-state index contributed by atoms with van der Waals surface area (Å²) in [6.07, 6.45) is 2.78. The second kappa shape index (κ2) is 8.58. The highest BCUT2D eigenvalue weighted by atomic mass is 79.9. The second-order valence-corrected chi connectivity index (χ2v) is 7.00. The van der Waals surface area contributed by atoms with Gasteiger partial charge in [0.15, 0.2) is 11.3 Å². The lowest BCUT2D eigenvalue weighted by Gasteiger charge is -2.06. The van der Waals surface area contributed by atoms with Gasteiger partial charge in [0.25, 0.3) is 0 Å². The number of methoxy groups -OCH3 is 1. The van der Waals surface area contributed by atoms with Gasteiger partial charge in [-0.25, -0.2) is 0 Å². The zero-order valence-electron chi connectivity index (χ0n) is 14.8. The average Bonchev–Trinajstić information content (AvgIpc) is 3.10. The van der Waals surface area contributed by atoms with Crippen LogP contribution >= 0.6 is 15.9 Å². The fourth-order valence-electron chi connectivity index (χ4n) is 2.76. The number of rotatable bonds is 8. The van der Waals surface area contributed by atoms with Crippen LogP contribution in [0, 0.1) is 6.92 Å². The minimum atomic E-state index is -0.132. The van der Waals surface area contributed by atoms with Crippen LogP contribution in [0.15, 0.2) is 45.4 Å². The average molecular weight is 417 g/mol. The molecular weight excluding hydrogens is 396 g/mol. The van der Waals surface area contributed by atoms with E-state index >= 15 is 0 Å². The molecule has 26 heavy (non-hydrogen) atoms. The molecule has 0 radical (unpaired) electrons. The standard InChI is InChI=1S/C20H21BrN2O3/c1-13-20-17(15(12-23-13)11-22-8-3-9-25-2)10-18(26-20)19(24)14-4-6-16(21)7-5-14/h4-7,10,12,22H,3,8-9,11H2,1-2H3. The Hall–Kier alpha value is -2.02. The molecule has 0 aliphatic carbocycles. The van der Waals surface area contributed by atoms with Crippen LogP contribution in [-0.4, -0.2) is 31.0 Å². The number of benzene rings is 1. The summed E-state index contributed by atoms with van der Waals surface area (Å²) in [6.45, 7) is 4.13. The largest absolute Gasteiger partial charge is 0.451 e. The van der Waals surface area contributed by atoms with Crippen molar-refractivity contribution >= 4 is 32.7 Å². The predicted molar refractivity (Wildman–Crippen MR) is 105 cm³/mol. The number of pyridine rings is 1. The van der Waals surface area contributed by atoms with Crippen molar-refractivity contribution in [2.75, 3.05) is 20.3 Å². The Morgan fingerprint density at radius 1 is 1.31 bits per heavy atom. The Bertz CT molecular complexity index is 903. The maximum atomic E-state index is 12.7. The van der Waals surface area contributed by atoms with Crippen molar-refractivity contribution in [3.05, 3.63) is 63.6 Å². The van der Waals surface area contributed by atoms with Crippen LogP contribution in [0.2, 0.25) is 0 Å². The van der Waals surface area contributed by atoms with Crippen molar-refractivity contribution in [3.63, 3.8) is 0 Å². The van der Waals surface area contributed by atoms with Gasteiger partial charge in [-0.2, -0.15) is 0 Å². The number of carbonyl (C=O) groups is 1. The van der Waals surface area contributed by atoms with E-state index in [0.29, 0.717) is 23.5 Å². The minimum absolute atomic E-state index is 0.132. The van der Waals surface area contributed by atoms with Crippen molar-refractivity contribution in [2.45, 2.75) is 19.9 Å². The zero-order valence-corrected chi connectivity index (χ0v) is 16.4. The lowest BCUT2D eigenvalue weighted by Crippen LogP contribution is -2.16. The summed E-state index contributed by atoms with van der Waals surface area (Å²) < 4.78 is 11.8. The maximum absolute atomic E-state index is 12.7. The van der Waals surface area contributed by atoms with Gasteiger partial charge < -0.3 is 14.5 Å². The fraction of sp³-hybridized carbons (Fsp3) is 0.300. The van der Waals surface area contributed by atoms with Gasteiger partial charge in [-0.15, -0.1) is 0 Å². The third-order valence-electron chi connectivity index (χ3n) is 4.17. The fourth-order valence-corrected chi connectivity index (χ4v) is 3.03. The van der Waals surface area contributed by atoms with Gasteiger partial charge in [0.2, 0.25) is 5.78 Å². The molecule has 0 amide bonds. The van der Waals surface area contributed by atoms with E-state index < -0.39 is 0 Å². The highest BCUT2D eigenvalue weighted by molar-refractivity contribution is 9.10. The van der Waals surface area contributed by atoms with E-state index in [1.54, 1.807) is 19.2 Å². The Kier molecular flexibility index (Phi) is 6.19. The van der Waals surface area contributed by atoms with E-state index in [1.165, 1.54) is 0 Å². The smallest absolute Gasteiger partial charge is 0.228 e. The summed E-state index contributed by atoms with van der Waals surface area (Å²) in [4.78, 5) is 17.1. The number of hydrogen-bond acceptors (Lipinski definition) is 5. The van der Waals surface area contributed by atoms with Gasteiger partial charge >= 0.3 is 0 Å². The quantitative estimate of drug-likeness (QED) is 0.439. The van der Waals surface area contributed by atoms with Crippen LogP contribution in [0.3, 0.4) is 0 Å². The number of carbonyl (C=O) groups excluding carboxylic acids is 1. The van der Waals surface area contributed by atoms with Gasteiger partial charge in [0.05, 0.1) is 5.69 Å². The Morgan fingerprint density at radius 3 is 2.81 bits per heavy atom. The Balaban J connectivity index is 1.84. The summed E-state index contributed by atoms with van der Waals surface area (Å²) in [7, 11) is 1.70. The van der Waals surface area contributed by atoms with E-state index in [1.807, 2.05) is 31.3 Å². The van der Waals surface area contributed by atoms with Crippen LogP contribution in [-0.2, 0) is 11.3 Å². The number of aromatic nitrogens is 1. The summed E-state index contributed by atoms with van der Waals surface area (Å²) in [5.41, 5.74) is 3.05. The van der Waals surface area contributed by atoms with Crippen molar-refractivity contribution in [3.8, 4) is 0 Å². The molecule has 0 saturated heterocycles. The summed E-state index contributed by atoms with van der Waals surface area (Å²) >= 11 is 3.38. The molecule has 5 nitrogen and oxygen atoms in total. The summed E-state index contributed by atoms with van der Waals surface area (Å²) in [5.74, 6) is 0.200. The van der Waals surface area contributed by atoms with Gasteiger partial charge in [-0.1, -0.05) is 15.9 Å². The van der Waals surface area contributed by atoms with Gasteiger partial charge in [0, 0.05) is 41.9 Å². The minimum Gasteiger partial charge on any atom is -0.451 e. The normalized spacial score (nSPS) is 11.2. The first-order valence-electron chi connectivity index (χ1n) is 8.48. The Labute approximate surface area is 160 Å². The van der Waals surface area contributed by atoms with E-state index in [2.05, 4.69) is 26.2 Å². The first kappa shape index (κ1) is 18.8. The van der Waals surface area contributed by atoms with E-state index in [-0.39, 0.29) is 5.78 Å². The molecule has 0 unspecified atom stereocenters. The third-order valence-corrected chi connectivity index (χ3v) is 4.70. The van der Waals surface area contributed by atoms with Crippen LogP contribution in [0.1, 0.15) is 33.8 Å². The molecule has 0 spiro atoms. The molecule has 136 valence electrons. The van der Waals surface area contributed by atoms with Crippen molar-refractivity contribution in [1.82, 2.24) is 10.3 Å². The topological polar surface area (TPSA) is 64.4 Å². The van der Waals surface area contributed by atoms with Crippen molar-refractivity contribution in [1.29, 1.82) is 0 Å². The zero-order chi connectivity index (χ0) is 18.5. The summed E-state index contributed by atoms with van der Waals surface area (Å²) in [6, 6.07) is 9.07. The molecule has 3 rings (SSSR count). The van der Waals surface area contributed by atoms with Crippen molar-refractivity contribution in [2.24, 2.45) is 0 Å². The van der Waals surface area contributed by atoms with Crippen LogP contribution in [0.4, 0.5) is 0 Å². The second-order valence-electron chi connectivity index (χ2n) is 6.08. The molecule has 2 heterocycles. The van der Waals surface area contributed by atoms with Crippen molar-refractivity contribution < 1.29 is 13.9 Å². The SMILES string of the molecule is COCCCNCc1cnc(C)c2oc(C(=O)c3ccc(Br)cc3)cc12. The first-order chi connectivity index (χ1) is 12.6. The van der Waals surface area contributed by atoms with E-state index in [9.17, 15) is 4.79 Å². The van der Waals surface area contributed by atoms with E-state index in [4.69, 9.17) is 9.15 Å². The maximum Gasteiger partial charge on any atom is 0.228 e. The van der Waals surface area contributed by atoms with Crippen LogP contribution in [0.25, 0.3) is 11.0 Å². The number of nitrogens with one attached hydrogen (secondary N) is 1. The molecule has 1 aromatic carbocycles. The molecule has 2 aromatic heterocycles. The molecule has 0 atom stereocenters. The number of halogens is 1. The molecule has 0 saturated carbocycles. The Morgan fingerprint density at radius 2 is 2.08 bits per heavy atom. The van der Waals surface area contributed by atoms with Gasteiger partial charge in [-0.3, -0.25) is 9.78 Å². The molecule has 0 aliphatic rings. The summed E-state index contributed by atoms with van der Waals surface area (Å²) in [5, 5.41) is 4.30. The highest BCUT2D eigenvalue weighted by Crippen LogP contribution is 2.26. The van der Waals surface area contributed by atoms with Gasteiger partial charge in [-0.05, 0) is 55.8 Å². The lowest BCUT2D eigenvalue weighted by atomic mass is 10.1. The third kappa shape index (κ3) is 4.20. The lowest BCUT2D eigenvalue weighted by molar-refractivity contribution is 0.101. The number of ketones is 1. The number of nitrogens with zero attached hydrogens (tertiary/aromatic N) is 1. The number of fused-ring (bicyclic) bond motifs is 1. The van der Waals surface area contributed by atoms with Gasteiger partial charge in [0.1, 0.15) is 0 Å². The van der Waals surface area contributed by atoms with Crippen LogP contribution in [0.5, 0.6) is 0 Å². The molecule has 6 heteroatoms. The van der Waals surface area contributed by atoms with Crippen LogP contribution < -0.4 is 5.32 Å². The molecule has 1 N–H and O–H groups in total. The number of aryl methyl sites for hydroxylation is 1. The molecular formula is C20H21BrN2O3. The monoisotopic (exact) mass is 416 g/mol.